The molecule has 9 heteroatoms. The molecule has 7 nitrogen and oxygen atoms in total. The molecule has 0 fully saturated rings. The van der Waals surface area contributed by atoms with Gasteiger partial charge in [0.15, 0.2) is 0 Å². The van der Waals surface area contributed by atoms with Crippen LogP contribution in [0.5, 0.6) is 0 Å². The molecular weight excluding hydrogens is 445 g/mol. The van der Waals surface area contributed by atoms with E-state index < -0.39 is 28.9 Å². The average Bonchev–Trinajstić information content (AvgIpc) is 2.99. The van der Waals surface area contributed by atoms with Crippen LogP contribution in [0.1, 0.15) is 18.5 Å². The summed E-state index contributed by atoms with van der Waals surface area (Å²) < 4.78 is 21.2. The third-order valence-electron chi connectivity index (χ3n) is 4.78. The smallest absolute Gasteiger partial charge is 0.340 e. The lowest BCUT2D eigenvalue weighted by molar-refractivity contribution is -0.138. The summed E-state index contributed by atoms with van der Waals surface area (Å²) in [6, 6.07) is 9.10. The number of nitrogens with zero attached hydrogens (tertiary/aromatic N) is 2. The van der Waals surface area contributed by atoms with Crippen molar-refractivity contribution in [2.75, 3.05) is 6.61 Å². The molecule has 0 aliphatic carbocycles. The topological polar surface area (TPSA) is 96.3 Å². The van der Waals surface area contributed by atoms with Crippen molar-refractivity contribution in [3.63, 3.8) is 0 Å². The van der Waals surface area contributed by atoms with Crippen LogP contribution >= 0.6 is 15.9 Å². The zero-order chi connectivity index (χ0) is 20.9. The molecule has 2 N–H and O–H groups in total. The van der Waals surface area contributed by atoms with E-state index in [1.54, 1.807) is 19.1 Å². The van der Waals surface area contributed by atoms with E-state index in [-0.39, 0.29) is 28.8 Å². The van der Waals surface area contributed by atoms with Crippen LogP contribution < -0.4 is 16.9 Å². The number of hydrogen-bond donors (Lipinski definition) is 1. The maximum absolute atomic E-state index is 13.7. The van der Waals surface area contributed by atoms with Gasteiger partial charge in [0, 0.05) is 4.47 Å². The highest BCUT2D eigenvalue weighted by atomic mass is 79.9. The lowest BCUT2D eigenvalue weighted by Gasteiger charge is -2.19. The van der Waals surface area contributed by atoms with E-state index in [4.69, 9.17) is 10.5 Å². The van der Waals surface area contributed by atoms with Gasteiger partial charge in [-0.25, -0.2) is 13.9 Å². The summed E-state index contributed by atoms with van der Waals surface area (Å²) >= 11 is 3.28. The number of nitrogens with two attached hydrogens (primary N) is 1. The summed E-state index contributed by atoms with van der Waals surface area (Å²) in [6.45, 7) is 1.71. The molecule has 4 rings (SSSR count). The standard InChI is InChI=1S/C20H15BrFN3O4/c1-2-29-20(28)15-16(13-8-7-10(22)9-14(13)21)24-18(26)11-5-3-4-6-12(11)19(27)25(24)17(15)23/h3-9,16H,2,23H2,1H3. The van der Waals surface area contributed by atoms with E-state index in [2.05, 4.69) is 15.9 Å². The zero-order valence-electron chi connectivity index (χ0n) is 15.2. The molecule has 0 saturated carbocycles. The van der Waals surface area contributed by atoms with Gasteiger partial charge in [0.2, 0.25) is 0 Å². The fourth-order valence-corrected chi connectivity index (χ4v) is 4.12. The van der Waals surface area contributed by atoms with E-state index in [0.717, 1.165) is 9.36 Å². The quantitative estimate of drug-likeness (QED) is 0.606. The first-order valence-corrected chi connectivity index (χ1v) is 9.54. The molecule has 29 heavy (non-hydrogen) atoms. The van der Waals surface area contributed by atoms with Crippen molar-refractivity contribution >= 4 is 38.5 Å². The van der Waals surface area contributed by atoms with Crippen molar-refractivity contribution in [3.05, 3.63) is 84.6 Å². The van der Waals surface area contributed by atoms with Gasteiger partial charge in [-0.3, -0.25) is 9.59 Å². The molecule has 0 amide bonds. The zero-order valence-corrected chi connectivity index (χ0v) is 16.8. The molecule has 1 unspecified atom stereocenters. The number of benzene rings is 2. The first kappa shape index (κ1) is 19.1. The SMILES string of the molecule is CCOC(=O)C1=C(N)n2c(=O)c3ccccc3c(=O)n2C1c1ccc(F)cc1Br. The van der Waals surface area contributed by atoms with Crippen molar-refractivity contribution in [2.24, 2.45) is 5.73 Å². The van der Waals surface area contributed by atoms with Gasteiger partial charge in [0.05, 0.1) is 17.4 Å². The Balaban J connectivity index is 2.13. The molecule has 3 aromatic rings. The Labute approximate surface area is 171 Å². The van der Waals surface area contributed by atoms with Crippen LogP contribution in [0.15, 0.2) is 62.1 Å². The average molecular weight is 460 g/mol. The highest BCUT2D eigenvalue weighted by molar-refractivity contribution is 9.10. The lowest BCUT2D eigenvalue weighted by Crippen LogP contribution is -2.38. The van der Waals surface area contributed by atoms with E-state index in [9.17, 15) is 18.8 Å². The van der Waals surface area contributed by atoms with Crippen molar-refractivity contribution in [3.8, 4) is 0 Å². The van der Waals surface area contributed by atoms with Gasteiger partial charge in [-0.1, -0.05) is 34.1 Å². The predicted molar refractivity (Wildman–Crippen MR) is 109 cm³/mol. The molecule has 0 spiro atoms. The van der Waals surface area contributed by atoms with Gasteiger partial charge in [-0.15, -0.1) is 0 Å². The van der Waals surface area contributed by atoms with Crippen LogP contribution in [-0.4, -0.2) is 21.9 Å². The van der Waals surface area contributed by atoms with Crippen LogP contribution in [-0.2, 0) is 9.53 Å². The van der Waals surface area contributed by atoms with Gasteiger partial charge in [0.25, 0.3) is 11.1 Å². The predicted octanol–water partition coefficient (Wildman–Crippen LogP) is 2.36. The van der Waals surface area contributed by atoms with Crippen LogP contribution in [0.25, 0.3) is 16.6 Å². The molecule has 1 aliphatic rings. The van der Waals surface area contributed by atoms with Crippen LogP contribution in [0.2, 0.25) is 0 Å². The molecule has 1 aliphatic heterocycles. The minimum Gasteiger partial charge on any atom is -0.462 e. The summed E-state index contributed by atoms with van der Waals surface area (Å²) in [4.78, 5) is 39.1. The Morgan fingerprint density at radius 2 is 1.83 bits per heavy atom. The highest BCUT2D eigenvalue weighted by Gasteiger charge is 2.39. The second kappa shape index (κ2) is 7.00. The third-order valence-corrected chi connectivity index (χ3v) is 5.47. The number of ether oxygens (including phenoxy) is 1. The van der Waals surface area contributed by atoms with Crippen molar-refractivity contribution in [2.45, 2.75) is 13.0 Å². The summed E-state index contributed by atoms with van der Waals surface area (Å²) in [5, 5.41) is 0.369. The van der Waals surface area contributed by atoms with E-state index in [0.29, 0.717) is 10.0 Å². The molecule has 2 heterocycles. The minimum atomic E-state index is -1.06. The summed E-state index contributed by atoms with van der Waals surface area (Å²) in [7, 11) is 0. The minimum absolute atomic E-state index is 0.0614. The maximum atomic E-state index is 13.7. The number of hydrogen-bond acceptors (Lipinski definition) is 5. The van der Waals surface area contributed by atoms with Gasteiger partial charge >= 0.3 is 5.97 Å². The Morgan fingerprint density at radius 1 is 1.17 bits per heavy atom. The number of fused-ring (bicyclic) bond motifs is 2. The molecule has 1 aromatic heterocycles. The van der Waals surface area contributed by atoms with E-state index in [1.165, 1.54) is 30.3 Å². The summed E-state index contributed by atoms with van der Waals surface area (Å²) in [5.74, 6) is -1.46. The van der Waals surface area contributed by atoms with Crippen molar-refractivity contribution < 1.29 is 13.9 Å². The second-order valence-electron chi connectivity index (χ2n) is 6.40. The number of carbonyl (C=O) groups is 1. The van der Waals surface area contributed by atoms with Gasteiger partial charge in [0.1, 0.15) is 23.3 Å². The molecular formula is C20H15BrFN3O4. The molecule has 1 atom stereocenters. The fraction of sp³-hybridized carbons (Fsp3) is 0.150. The van der Waals surface area contributed by atoms with Crippen LogP contribution in [0, 0.1) is 5.82 Å². The Morgan fingerprint density at radius 3 is 2.45 bits per heavy atom. The largest absolute Gasteiger partial charge is 0.462 e. The maximum Gasteiger partial charge on any atom is 0.340 e. The first-order valence-electron chi connectivity index (χ1n) is 8.75. The third kappa shape index (κ3) is 2.80. The molecule has 0 bridgehead atoms. The number of rotatable bonds is 3. The Hall–Kier alpha value is -3.20. The van der Waals surface area contributed by atoms with Gasteiger partial charge < -0.3 is 10.5 Å². The van der Waals surface area contributed by atoms with Gasteiger partial charge in [-0.2, -0.15) is 4.68 Å². The monoisotopic (exact) mass is 459 g/mol. The number of esters is 1. The molecule has 148 valence electrons. The summed E-state index contributed by atoms with van der Waals surface area (Å²) in [6.07, 6.45) is 0. The second-order valence-corrected chi connectivity index (χ2v) is 7.25. The normalized spacial score (nSPS) is 15.6. The van der Waals surface area contributed by atoms with Crippen LogP contribution in [0.4, 0.5) is 4.39 Å². The number of carbonyl (C=O) groups excluding carboxylic acids is 1. The number of halogens is 2. The van der Waals surface area contributed by atoms with E-state index in [1.807, 2.05) is 0 Å². The van der Waals surface area contributed by atoms with Gasteiger partial charge in [-0.05, 0) is 36.8 Å². The van der Waals surface area contributed by atoms with E-state index >= 15 is 0 Å². The molecule has 0 radical (unpaired) electrons. The summed E-state index contributed by atoms with van der Waals surface area (Å²) in [5.41, 5.74) is 5.46. The Bertz CT molecular complexity index is 1330. The molecule has 0 saturated heterocycles. The lowest BCUT2D eigenvalue weighted by atomic mass is 9.99. The highest BCUT2D eigenvalue weighted by Crippen LogP contribution is 2.37. The number of aromatic nitrogens is 2. The first-order chi connectivity index (χ1) is 13.9. The fourth-order valence-electron chi connectivity index (χ4n) is 3.55. The van der Waals surface area contributed by atoms with Crippen molar-refractivity contribution in [1.82, 2.24) is 9.36 Å². The Kier molecular flexibility index (Phi) is 4.62. The molecule has 2 aromatic carbocycles. The van der Waals surface area contributed by atoms with Crippen molar-refractivity contribution in [1.29, 1.82) is 0 Å². The van der Waals surface area contributed by atoms with Crippen LogP contribution in [0.3, 0.4) is 0 Å².